The van der Waals surface area contributed by atoms with Crippen molar-refractivity contribution in [1.29, 1.82) is 0 Å². The number of nitrogens with zero attached hydrogens (tertiary/aromatic N) is 1. The predicted octanol–water partition coefficient (Wildman–Crippen LogP) is 1.11. The molecule has 1 N–H and O–H groups in total. The number of aromatic nitrogens is 1. The zero-order valence-corrected chi connectivity index (χ0v) is 9.61. The van der Waals surface area contributed by atoms with Crippen LogP contribution in [0, 0.1) is 0 Å². The van der Waals surface area contributed by atoms with E-state index in [0.717, 1.165) is 37.7 Å². The van der Waals surface area contributed by atoms with Crippen LogP contribution < -0.4 is 5.32 Å². The zero-order valence-electron chi connectivity index (χ0n) is 9.61. The quantitative estimate of drug-likeness (QED) is 0.783. The molecule has 88 valence electrons. The van der Waals surface area contributed by atoms with Crippen LogP contribution in [0.5, 0.6) is 0 Å². The van der Waals surface area contributed by atoms with Gasteiger partial charge in [0.05, 0.1) is 31.2 Å². The molecule has 0 spiro atoms. The molecule has 0 radical (unpaired) electrons. The predicted molar refractivity (Wildman–Crippen MR) is 61.0 cm³/mol. The van der Waals surface area contributed by atoms with E-state index in [2.05, 4.69) is 17.2 Å². The van der Waals surface area contributed by atoms with Gasteiger partial charge >= 0.3 is 0 Å². The second kappa shape index (κ2) is 5.94. The Kier molecular flexibility index (Phi) is 4.27. The minimum absolute atomic E-state index is 0.263. The fourth-order valence-corrected chi connectivity index (χ4v) is 1.47. The first-order chi connectivity index (χ1) is 7.88. The van der Waals surface area contributed by atoms with Gasteiger partial charge in [0.25, 0.3) is 0 Å². The maximum Gasteiger partial charge on any atom is 0.105 e. The van der Waals surface area contributed by atoms with Crippen molar-refractivity contribution in [3.8, 4) is 0 Å². The highest BCUT2D eigenvalue weighted by Gasteiger charge is 2.18. The van der Waals surface area contributed by atoms with Gasteiger partial charge in [0, 0.05) is 6.54 Å². The molecular weight excluding hydrogens is 204 g/mol. The van der Waals surface area contributed by atoms with Gasteiger partial charge < -0.3 is 14.8 Å². The number of pyridine rings is 1. The molecule has 0 bridgehead atoms. The van der Waals surface area contributed by atoms with Crippen LogP contribution in [-0.4, -0.2) is 30.8 Å². The number of rotatable bonds is 6. The maximum atomic E-state index is 5.62. The monoisotopic (exact) mass is 222 g/mol. The zero-order chi connectivity index (χ0) is 11.2. The first kappa shape index (κ1) is 11.5. The Morgan fingerprint density at radius 1 is 1.44 bits per heavy atom. The van der Waals surface area contributed by atoms with E-state index in [1.165, 1.54) is 0 Å². The van der Waals surface area contributed by atoms with E-state index in [-0.39, 0.29) is 6.10 Å². The fraction of sp³-hybridized carbons (Fsp3) is 0.583. The van der Waals surface area contributed by atoms with Crippen molar-refractivity contribution in [2.75, 3.05) is 19.8 Å². The number of nitrogens with one attached hydrogen (secondary N) is 1. The average Bonchev–Trinajstić information content (AvgIpc) is 2.25. The maximum absolute atomic E-state index is 5.62. The fourth-order valence-electron chi connectivity index (χ4n) is 1.47. The molecule has 4 heteroatoms. The van der Waals surface area contributed by atoms with E-state index in [9.17, 15) is 0 Å². The molecule has 1 aromatic rings. The summed E-state index contributed by atoms with van der Waals surface area (Å²) in [4.78, 5) is 4.51. The Hall–Kier alpha value is -0.970. The van der Waals surface area contributed by atoms with Gasteiger partial charge in [0.15, 0.2) is 0 Å². The summed E-state index contributed by atoms with van der Waals surface area (Å²) in [5, 5.41) is 3.26. The largest absolute Gasteiger partial charge is 0.376 e. The molecular formula is C12H18N2O2. The van der Waals surface area contributed by atoms with Gasteiger partial charge in [-0.05, 0) is 18.7 Å². The second-order valence-electron chi connectivity index (χ2n) is 3.87. The Bertz CT molecular complexity index is 327. The van der Waals surface area contributed by atoms with Crippen molar-refractivity contribution in [1.82, 2.24) is 10.3 Å². The van der Waals surface area contributed by atoms with Crippen LogP contribution in [0.15, 0.2) is 18.2 Å². The standard InChI is InChI=1S/C12H18N2O2/c1-2-13-6-10-4-3-5-11(14-10)7-16-12-8-15-9-12/h3-5,12-13H,2,6-9H2,1H3. The average molecular weight is 222 g/mol. The number of hydrogen-bond donors (Lipinski definition) is 1. The lowest BCUT2D eigenvalue weighted by molar-refractivity contribution is -0.135. The van der Waals surface area contributed by atoms with Gasteiger partial charge in [-0.15, -0.1) is 0 Å². The van der Waals surface area contributed by atoms with E-state index < -0.39 is 0 Å². The van der Waals surface area contributed by atoms with Crippen LogP contribution in [0.25, 0.3) is 0 Å². The lowest BCUT2D eigenvalue weighted by atomic mass is 10.3. The van der Waals surface area contributed by atoms with E-state index in [1.54, 1.807) is 0 Å². The van der Waals surface area contributed by atoms with Gasteiger partial charge in [-0.2, -0.15) is 0 Å². The first-order valence-corrected chi connectivity index (χ1v) is 5.73. The summed E-state index contributed by atoms with van der Waals surface area (Å²) in [5.74, 6) is 0. The third-order valence-corrected chi connectivity index (χ3v) is 2.49. The van der Waals surface area contributed by atoms with Crippen LogP contribution in [0.2, 0.25) is 0 Å². The summed E-state index contributed by atoms with van der Waals surface area (Å²) in [5.41, 5.74) is 2.05. The van der Waals surface area contributed by atoms with Crippen molar-refractivity contribution in [2.45, 2.75) is 26.2 Å². The summed E-state index contributed by atoms with van der Waals surface area (Å²) in [6.45, 7) is 5.88. The molecule has 0 aliphatic carbocycles. The number of ether oxygens (including phenoxy) is 2. The Morgan fingerprint density at radius 3 is 2.94 bits per heavy atom. The SMILES string of the molecule is CCNCc1cccc(COC2COC2)n1. The van der Waals surface area contributed by atoms with Crippen LogP contribution in [0.1, 0.15) is 18.3 Å². The summed E-state index contributed by atoms with van der Waals surface area (Å²) < 4.78 is 10.7. The number of hydrogen-bond acceptors (Lipinski definition) is 4. The smallest absolute Gasteiger partial charge is 0.105 e. The van der Waals surface area contributed by atoms with Gasteiger partial charge in [0.1, 0.15) is 6.10 Å². The van der Waals surface area contributed by atoms with E-state index in [1.807, 2.05) is 18.2 Å². The molecule has 0 unspecified atom stereocenters. The molecule has 1 fully saturated rings. The van der Waals surface area contributed by atoms with E-state index in [0.29, 0.717) is 6.61 Å². The van der Waals surface area contributed by atoms with Gasteiger partial charge in [-0.25, -0.2) is 0 Å². The van der Waals surface area contributed by atoms with Crippen LogP contribution in [0.3, 0.4) is 0 Å². The summed E-state index contributed by atoms with van der Waals surface area (Å²) in [6.07, 6.45) is 0.263. The molecule has 0 amide bonds. The molecule has 1 aliphatic rings. The van der Waals surface area contributed by atoms with Crippen LogP contribution in [0.4, 0.5) is 0 Å². The van der Waals surface area contributed by atoms with E-state index in [4.69, 9.17) is 9.47 Å². The van der Waals surface area contributed by atoms with Gasteiger partial charge in [0.2, 0.25) is 0 Å². The summed E-state index contributed by atoms with van der Waals surface area (Å²) in [7, 11) is 0. The molecule has 1 saturated heterocycles. The van der Waals surface area contributed by atoms with E-state index >= 15 is 0 Å². The normalized spacial score (nSPS) is 16.1. The van der Waals surface area contributed by atoms with Crippen molar-refractivity contribution in [3.63, 3.8) is 0 Å². The summed E-state index contributed by atoms with van der Waals surface area (Å²) in [6, 6.07) is 6.04. The third-order valence-electron chi connectivity index (χ3n) is 2.49. The lowest BCUT2D eigenvalue weighted by Crippen LogP contribution is -2.35. The molecule has 1 aliphatic heterocycles. The Balaban J connectivity index is 1.82. The molecule has 2 heterocycles. The Morgan fingerprint density at radius 2 is 2.25 bits per heavy atom. The van der Waals surface area contributed by atoms with Crippen LogP contribution in [-0.2, 0) is 22.6 Å². The lowest BCUT2D eigenvalue weighted by Gasteiger charge is -2.25. The van der Waals surface area contributed by atoms with Crippen molar-refractivity contribution < 1.29 is 9.47 Å². The molecule has 1 aromatic heterocycles. The summed E-state index contributed by atoms with van der Waals surface area (Å²) >= 11 is 0. The highest BCUT2D eigenvalue weighted by atomic mass is 16.6. The molecule has 4 nitrogen and oxygen atoms in total. The Labute approximate surface area is 96.0 Å². The molecule has 0 atom stereocenters. The van der Waals surface area contributed by atoms with Crippen molar-refractivity contribution in [3.05, 3.63) is 29.6 Å². The molecule has 0 aromatic carbocycles. The molecule has 0 saturated carbocycles. The van der Waals surface area contributed by atoms with Crippen molar-refractivity contribution in [2.24, 2.45) is 0 Å². The highest BCUT2D eigenvalue weighted by Crippen LogP contribution is 2.09. The topological polar surface area (TPSA) is 43.4 Å². The molecule has 16 heavy (non-hydrogen) atoms. The molecule has 2 rings (SSSR count). The van der Waals surface area contributed by atoms with Gasteiger partial charge in [-0.3, -0.25) is 4.98 Å². The highest BCUT2D eigenvalue weighted by molar-refractivity contribution is 5.10. The van der Waals surface area contributed by atoms with Gasteiger partial charge in [-0.1, -0.05) is 13.0 Å². The minimum atomic E-state index is 0.263. The van der Waals surface area contributed by atoms with Crippen molar-refractivity contribution >= 4 is 0 Å². The first-order valence-electron chi connectivity index (χ1n) is 5.73. The minimum Gasteiger partial charge on any atom is -0.376 e. The third kappa shape index (κ3) is 3.27. The second-order valence-corrected chi connectivity index (χ2v) is 3.87. The van der Waals surface area contributed by atoms with Crippen LogP contribution >= 0.6 is 0 Å².